The van der Waals surface area contributed by atoms with Gasteiger partial charge >= 0.3 is 0 Å². The van der Waals surface area contributed by atoms with Gasteiger partial charge in [0, 0.05) is 62.4 Å². The van der Waals surface area contributed by atoms with E-state index in [4.69, 9.17) is 4.84 Å². The molecule has 3 aromatic rings. The number of pyridine rings is 1. The van der Waals surface area contributed by atoms with Crippen molar-refractivity contribution in [3.8, 4) is 0 Å². The topological polar surface area (TPSA) is 99.9 Å². The van der Waals surface area contributed by atoms with Crippen molar-refractivity contribution in [2.75, 3.05) is 32.8 Å². The molecule has 0 radical (unpaired) electrons. The van der Waals surface area contributed by atoms with Crippen LogP contribution in [0.2, 0.25) is 0 Å². The highest BCUT2D eigenvalue weighted by molar-refractivity contribution is 5.96. The van der Waals surface area contributed by atoms with Crippen molar-refractivity contribution >= 4 is 22.7 Å². The number of fused-ring (bicyclic) bond motifs is 1. The zero-order valence-electron chi connectivity index (χ0n) is 23.0. The van der Waals surface area contributed by atoms with Gasteiger partial charge in [0.1, 0.15) is 17.3 Å². The highest BCUT2D eigenvalue weighted by Gasteiger charge is 2.36. The van der Waals surface area contributed by atoms with Crippen LogP contribution in [0, 0.1) is 17.6 Å². The highest BCUT2D eigenvalue weighted by atomic mass is 19.1. The second kappa shape index (κ2) is 11.5. The van der Waals surface area contributed by atoms with E-state index in [0.29, 0.717) is 70.1 Å². The molecule has 41 heavy (non-hydrogen) atoms. The van der Waals surface area contributed by atoms with Gasteiger partial charge in [-0.05, 0) is 55.7 Å². The first-order valence-electron chi connectivity index (χ1n) is 14.3. The molecule has 11 heteroatoms. The molecule has 3 fully saturated rings. The van der Waals surface area contributed by atoms with Crippen molar-refractivity contribution < 1.29 is 28.3 Å². The Labute approximate surface area is 237 Å². The fourth-order valence-corrected chi connectivity index (χ4v) is 5.79. The molecule has 218 valence electrons. The summed E-state index contributed by atoms with van der Waals surface area (Å²) in [4.78, 5) is 38.5. The van der Waals surface area contributed by atoms with Crippen LogP contribution in [0.15, 0.2) is 36.7 Å². The van der Waals surface area contributed by atoms with Gasteiger partial charge in [0.25, 0.3) is 5.91 Å². The van der Waals surface area contributed by atoms with Crippen LogP contribution in [0.1, 0.15) is 60.1 Å². The van der Waals surface area contributed by atoms with E-state index in [1.54, 1.807) is 17.2 Å². The summed E-state index contributed by atoms with van der Waals surface area (Å²) in [5.41, 5.74) is 3.78. The van der Waals surface area contributed by atoms with E-state index < -0.39 is 23.1 Å². The summed E-state index contributed by atoms with van der Waals surface area (Å²) < 4.78 is 29.9. The van der Waals surface area contributed by atoms with Crippen molar-refractivity contribution in [1.82, 2.24) is 24.8 Å². The lowest BCUT2D eigenvalue weighted by atomic mass is 9.90. The SMILES string of the molecule is O=C(NOCC1CC1)c1cc2c(CN3CCC(O)(CN4CCCC4=O)CC3)cn(Cc3ccc(F)cc3F)c2cn1. The monoisotopic (exact) mass is 567 g/mol. The van der Waals surface area contributed by atoms with Crippen LogP contribution in [-0.4, -0.2) is 74.7 Å². The van der Waals surface area contributed by atoms with Gasteiger partial charge in [0.05, 0.1) is 30.5 Å². The summed E-state index contributed by atoms with van der Waals surface area (Å²) in [5, 5.41) is 12.0. The molecule has 2 N–H and O–H groups in total. The van der Waals surface area contributed by atoms with Gasteiger partial charge in [-0.3, -0.25) is 19.3 Å². The predicted molar refractivity (Wildman–Crippen MR) is 147 cm³/mol. The molecule has 2 saturated heterocycles. The van der Waals surface area contributed by atoms with Crippen molar-refractivity contribution in [3.63, 3.8) is 0 Å². The number of rotatable bonds is 10. The summed E-state index contributed by atoms with van der Waals surface area (Å²) in [5.74, 6) is -1.09. The lowest BCUT2D eigenvalue weighted by Crippen LogP contribution is -2.51. The summed E-state index contributed by atoms with van der Waals surface area (Å²) in [7, 11) is 0. The maximum atomic E-state index is 14.5. The molecule has 2 aliphatic heterocycles. The largest absolute Gasteiger partial charge is 0.388 e. The summed E-state index contributed by atoms with van der Waals surface area (Å²) in [6, 6.07) is 5.25. The molecule has 2 amide bonds. The smallest absolute Gasteiger partial charge is 0.293 e. The van der Waals surface area contributed by atoms with Crippen molar-refractivity contribution in [2.45, 2.75) is 57.2 Å². The number of β-amino-alcohol motifs (C(OH)–C–C–N with tert-alkyl or cyclic N) is 1. The number of carbonyl (C=O) groups excluding carboxylic acids is 2. The fraction of sp³-hybridized carbons (Fsp3) is 0.500. The summed E-state index contributed by atoms with van der Waals surface area (Å²) in [6.07, 6.45) is 8.21. The molecule has 3 aliphatic rings. The number of hydrogen-bond donors (Lipinski definition) is 2. The average molecular weight is 568 g/mol. The number of piperidine rings is 1. The number of carbonyl (C=O) groups is 2. The molecule has 0 unspecified atom stereocenters. The van der Waals surface area contributed by atoms with E-state index in [1.165, 1.54) is 12.1 Å². The van der Waals surface area contributed by atoms with E-state index in [2.05, 4.69) is 15.4 Å². The minimum atomic E-state index is -0.903. The molecule has 2 aromatic heterocycles. The number of halogens is 2. The number of benzene rings is 1. The number of aromatic nitrogens is 2. The average Bonchev–Trinajstić information content (AvgIpc) is 3.61. The Morgan fingerprint density at radius 1 is 1.12 bits per heavy atom. The van der Waals surface area contributed by atoms with Crippen LogP contribution < -0.4 is 5.48 Å². The Bertz CT molecular complexity index is 1450. The number of aliphatic hydroxyl groups is 1. The predicted octanol–water partition coefficient (Wildman–Crippen LogP) is 3.38. The fourth-order valence-electron chi connectivity index (χ4n) is 5.79. The first-order chi connectivity index (χ1) is 19.8. The number of nitrogens with one attached hydrogen (secondary N) is 1. The van der Waals surface area contributed by atoms with Gasteiger partial charge in [0.2, 0.25) is 5.91 Å². The van der Waals surface area contributed by atoms with Crippen molar-refractivity contribution in [1.29, 1.82) is 0 Å². The van der Waals surface area contributed by atoms with Gasteiger partial charge in [-0.2, -0.15) is 0 Å². The van der Waals surface area contributed by atoms with Gasteiger partial charge < -0.3 is 14.6 Å². The Balaban J connectivity index is 1.21. The van der Waals surface area contributed by atoms with E-state index >= 15 is 0 Å². The van der Waals surface area contributed by atoms with Crippen LogP contribution in [-0.2, 0) is 22.7 Å². The maximum absolute atomic E-state index is 14.5. The quantitative estimate of drug-likeness (QED) is 0.365. The lowest BCUT2D eigenvalue weighted by molar-refractivity contribution is -0.132. The minimum absolute atomic E-state index is 0.109. The zero-order valence-corrected chi connectivity index (χ0v) is 23.0. The number of hydroxylamine groups is 1. The minimum Gasteiger partial charge on any atom is -0.388 e. The van der Waals surface area contributed by atoms with Gasteiger partial charge in [-0.15, -0.1) is 0 Å². The van der Waals surface area contributed by atoms with E-state index in [9.17, 15) is 23.5 Å². The number of hydrogen-bond acceptors (Lipinski definition) is 6. The molecular weight excluding hydrogens is 532 g/mol. The van der Waals surface area contributed by atoms with Crippen LogP contribution in [0.4, 0.5) is 8.78 Å². The van der Waals surface area contributed by atoms with E-state index in [1.807, 2.05) is 10.8 Å². The van der Waals surface area contributed by atoms with Crippen LogP contribution in [0.25, 0.3) is 10.9 Å². The summed E-state index contributed by atoms with van der Waals surface area (Å²) in [6.45, 7) is 3.56. The first kappa shape index (κ1) is 27.7. The van der Waals surface area contributed by atoms with Crippen LogP contribution in [0.5, 0.6) is 0 Å². The lowest BCUT2D eigenvalue weighted by Gasteiger charge is -2.40. The normalized spacial score (nSPS) is 19.3. The number of likely N-dealkylation sites (tertiary alicyclic amines) is 2. The number of amides is 2. The van der Waals surface area contributed by atoms with Crippen molar-refractivity contribution in [2.24, 2.45) is 5.92 Å². The molecular formula is C30H35F2N5O4. The van der Waals surface area contributed by atoms with Gasteiger partial charge in [-0.25, -0.2) is 19.2 Å². The molecule has 0 atom stereocenters. The first-order valence-corrected chi connectivity index (χ1v) is 14.3. The Morgan fingerprint density at radius 2 is 1.93 bits per heavy atom. The third kappa shape index (κ3) is 6.42. The molecule has 1 saturated carbocycles. The van der Waals surface area contributed by atoms with Gasteiger partial charge in [0.15, 0.2) is 0 Å². The highest BCUT2D eigenvalue weighted by Crippen LogP contribution is 2.30. The second-order valence-electron chi connectivity index (χ2n) is 11.7. The number of nitrogens with zero attached hydrogens (tertiary/aromatic N) is 4. The molecule has 4 heterocycles. The zero-order chi connectivity index (χ0) is 28.6. The molecule has 1 aromatic carbocycles. The van der Waals surface area contributed by atoms with Gasteiger partial charge in [-0.1, -0.05) is 6.07 Å². The Kier molecular flexibility index (Phi) is 7.76. The third-order valence-corrected chi connectivity index (χ3v) is 8.46. The Hall–Kier alpha value is -3.41. The standard InChI is InChI=1S/C30H35F2N5O4/c31-23-6-5-21(25(32)12-23)16-37-17-22(15-35-10-7-30(40,8-11-35)19-36-9-1-2-28(36)38)24-13-26(33-14-27(24)37)29(39)34-41-18-20-3-4-20/h5-6,12-14,17,20,40H,1-4,7-11,15-16,18-19H2,(H,34,39). The molecule has 6 rings (SSSR count). The second-order valence-corrected chi connectivity index (χ2v) is 11.7. The summed E-state index contributed by atoms with van der Waals surface area (Å²) >= 11 is 0. The molecule has 9 nitrogen and oxygen atoms in total. The third-order valence-electron chi connectivity index (χ3n) is 8.46. The Morgan fingerprint density at radius 3 is 2.63 bits per heavy atom. The molecule has 0 bridgehead atoms. The molecule has 0 spiro atoms. The van der Waals surface area contributed by atoms with E-state index in [0.717, 1.165) is 41.8 Å². The maximum Gasteiger partial charge on any atom is 0.293 e. The van der Waals surface area contributed by atoms with Crippen molar-refractivity contribution in [3.05, 3.63) is 65.1 Å². The van der Waals surface area contributed by atoms with Crippen LogP contribution in [0.3, 0.4) is 0 Å². The molecule has 1 aliphatic carbocycles. The van der Waals surface area contributed by atoms with E-state index in [-0.39, 0.29) is 18.1 Å². The van der Waals surface area contributed by atoms with Crippen LogP contribution >= 0.6 is 0 Å².